The molecule has 3 nitrogen and oxygen atoms in total. The summed E-state index contributed by atoms with van der Waals surface area (Å²) in [6.07, 6.45) is 2.17. The van der Waals surface area contributed by atoms with E-state index in [9.17, 15) is 4.79 Å². The first-order valence-electron chi connectivity index (χ1n) is 3.53. The maximum atomic E-state index is 10.2. The number of carbonyl (C=O) groups excluding carboxylic acids is 1. The van der Waals surface area contributed by atoms with Gasteiger partial charge in [0.05, 0.1) is 6.07 Å². The van der Waals surface area contributed by atoms with Crippen LogP contribution in [0.1, 0.15) is 12.8 Å². The average Bonchev–Trinajstić information content (AvgIpc) is 2.07. The van der Waals surface area contributed by atoms with Crippen molar-refractivity contribution in [2.75, 3.05) is 11.5 Å². The second kappa shape index (κ2) is 3.63. The van der Waals surface area contributed by atoms with Crippen molar-refractivity contribution in [3.8, 4) is 6.07 Å². The molecule has 0 aromatic carbocycles. The molecule has 0 aromatic rings. The fraction of sp³-hybridized carbons (Fsp3) is 0.714. The van der Waals surface area contributed by atoms with Crippen LogP contribution >= 0.6 is 11.8 Å². The monoisotopic (exact) mass is 170 g/mol. The molecule has 1 N–H and O–H groups in total. The Morgan fingerprint density at radius 3 is 2.64 bits per heavy atom. The third-order valence-corrected chi connectivity index (χ3v) is 2.88. The molecule has 0 bridgehead atoms. The van der Waals surface area contributed by atoms with Crippen LogP contribution in [0.2, 0.25) is 0 Å². The third-order valence-electron chi connectivity index (χ3n) is 1.90. The molecule has 0 spiro atoms. The Hall–Kier alpha value is -0.690. The minimum Gasteiger partial charge on any atom is -0.340 e. The van der Waals surface area contributed by atoms with E-state index in [0.29, 0.717) is 6.41 Å². The summed E-state index contributed by atoms with van der Waals surface area (Å²) < 4.78 is 0. The van der Waals surface area contributed by atoms with Crippen LogP contribution in [0.3, 0.4) is 0 Å². The lowest BCUT2D eigenvalue weighted by atomic mass is 9.95. The number of rotatable bonds is 2. The fourth-order valence-corrected chi connectivity index (χ4v) is 2.31. The topological polar surface area (TPSA) is 52.9 Å². The van der Waals surface area contributed by atoms with E-state index in [0.717, 1.165) is 24.3 Å². The molecule has 0 saturated carbocycles. The second-order valence-corrected chi connectivity index (χ2v) is 3.79. The van der Waals surface area contributed by atoms with Gasteiger partial charge in [-0.25, -0.2) is 0 Å². The molecular formula is C7H10N2OS. The molecule has 11 heavy (non-hydrogen) atoms. The zero-order valence-corrected chi connectivity index (χ0v) is 6.99. The lowest BCUT2D eigenvalue weighted by Crippen LogP contribution is -2.45. The highest BCUT2D eigenvalue weighted by Crippen LogP contribution is 2.25. The van der Waals surface area contributed by atoms with Gasteiger partial charge in [-0.15, -0.1) is 0 Å². The summed E-state index contributed by atoms with van der Waals surface area (Å²) in [5.41, 5.74) is -0.562. The molecule has 1 aliphatic heterocycles. The van der Waals surface area contributed by atoms with Crippen molar-refractivity contribution < 1.29 is 4.79 Å². The molecule has 0 atom stereocenters. The minimum atomic E-state index is -0.562. The van der Waals surface area contributed by atoms with Crippen LogP contribution in [-0.4, -0.2) is 23.5 Å². The second-order valence-electron chi connectivity index (χ2n) is 2.57. The maximum Gasteiger partial charge on any atom is 0.208 e. The van der Waals surface area contributed by atoms with Gasteiger partial charge in [-0.2, -0.15) is 17.0 Å². The molecular weight excluding hydrogens is 160 g/mol. The SMILES string of the molecule is N#CC1(NC=O)CCSCC1. The summed E-state index contributed by atoms with van der Waals surface area (Å²) in [5.74, 6) is 1.93. The summed E-state index contributed by atoms with van der Waals surface area (Å²) >= 11 is 1.83. The highest BCUT2D eigenvalue weighted by Gasteiger charge is 2.31. The molecule has 1 rings (SSSR count). The van der Waals surface area contributed by atoms with Crippen LogP contribution in [0.25, 0.3) is 0 Å². The number of thioether (sulfide) groups is 1. The predicted octanol–water partition coefficient (Wildman–Crippen LogP) is 0.522. The zero-order chi connectivity index (χ0) is 8.16. The van der Waals surface area contributed by atoms with Gasteiger partial charge in [-0.1, -0.05) is 0 Å². The normalized spacial score (nSPS) is 21.7. The van der Waals surface area contributed by atoms with E-state index in [1.54, 1.807) is 0 Å². The van der Waals surface area contributed by atoms with Crippen LogP contribution in [-0.2, 0) is 4.79 Å². The molecule has 4 heteroatoms. The summed E-state index contributed by atoms with van der Waals surface area (Å²) in [6, 6.07) is 2.16. The number of hydrogen-bond donors (Lipinski definition) is 1. The highest BCUT2D eigenvalue weighted by atomic mass is 32.2. The van der Waals surface area contributed by atoms with E-state index in [-0.39, 0.29) is 0 Å². The Balaban J connectivity index is 2.58. The third kappa shape index (κ3) is 1.87. The van der Waals surface area contributed by atoms with Gasteiger partial charge in [-0.3, -0.25) is 4.79 Å². The molecule has 1 heterocycles. The molecule has 1 saturated heterocycles. The maximum absolute atomic E-state index is 10.2. The van der Waals surface area contributed by atoms with Crippen molar-refractivity contribution in [2.24, 2.45) is 0 Å². The van der Waals surface area contributed by atoms with Gasteiger partial charge in [0.15, 0.2) is 0 Å². The van der Waals surface area contributed by atoms with Crippen molar-refractivity contribution in [2.45, 2.75) is 18.4 Å². The first kappa shape index (κ1) is 8.41. The quantitative estimate of drug-likeness (QED) is 0.615. The lowest BCUT2D eigenvalue weighted by molar-refractivity contribution is -0.110. The highest BCUT2D eigenvalue weighted by molar-refractivity contribution is 7.99. The predicted molar refractivity (Wildman–Crippen MR) is 44.1 cm³/mol. The van der Waals surface area contributed by atoms with Crippen LogP contribution in [0, 0.1) is 11.3 Å². The smallest absolute Gasteiger partial charge is 0.208 e. The number of hydrogen-bond acceptors (Lipinski definition) is 3. The number of nitrogens with zero attached hydrogens (tertiary/aromatic N) is 1. The Kier molecular flexibility index (Phi) is 2.77. The molecule has 0 unspecified atom stereocenters. The molecule has 0 radical (unpaired) electrons. The Labute approximate surface area is 70.2 Å². The molecule has 60 valence electrons. The fourth-order valence-electron chi connectivity index (χ4n) is 1.12. The van der Waals surface area contributed by atoms with Gasteiger partial charge in [0.1, 0.15) is 5.54 Å². The van der Waals surface area contributed by atoms with Crippen LogP contribution in [0.5, 0.6) is 0 Å². The van der Waals surface area contributed by atoms with Crippen molar-refractivity contribution >= 4 is 18.2 Å². The average molecular weight is 170 g/mol. The van der Waals surface area contributed by atoms with E-state index < -0.39 is 5.54 Å². The van der Waals surface area contributed by atoms with Gasteiger partial charge in [-0.05, 0) is 24.3 Å². The summed E-state index contributed by atoms with van der Waals surface area (Å²) in [5, 5.41) is 11.4. The van der Waals surface area contributed by atoms with Crippen molar-refractivity contribution in [1.82, 2.24) is 5.32 Å². The van der Waals surface area contributed by atoms with Crippen molar-refractivity contribution in [3.05, 3.63) is 0 Å². The first-order valence-corrected chi connectivity index (χ1v) is 4.69. The molecule has 1 amide bonds. The number of amides is 1. The largest absolute Gasteiger partial charge is 0.340 e. The van der Waals surface area contributed by atoms with Crippen molar-refractivity contribution in [1.29, 1.82) is 5.26 Å². The Morgan fingerprint density at radius 1 is 1.55 bits per heavy atom. The van der Waals surface area contributed by atoms with Crippen LogP contribution in [0.4, 0.5) is 0 Å². The van der Waals surface area contributed by atoms with E-state index >= 15 is 0 Å². The van der Waals surface area contributed by atoms with E-state index in [1.165, 1.54) is 0 Å². The first-order chi connectivity index (χ1) is 5.33. The van der Waals surface area contributed by atoms with Gasteiger partial charge in [0.25, 0.3) is 0 Å². The zero-order valence-electron chi connectivity index (χ0n) is 6.17. The number of nitriles is 1. The molecule has 1 aliphatic rings. The van der Waals surface area contributed by atoms with Gasteiger partial charge < -0.3 is 5.32 Å². The Bertz CT molecular complexity index is 181. The van der Waals surface area contributed by atoms with Crippen LogP contribution < -0.4 is 5.32 Å². The molecule has 0 aliphatic carbocycles. The van der Waals surface area contributed by atoms with Crippen molar-refractivity contribution in [3.63, 3.8) is 0 Å². The van der Waals surface area contributed by atoms with Gasteiger partial charge in [0, 0.05) is 0 Å². The van der Waals surface area contributed by atoms with Gasteiger partial charge >= 0.3 is 0 Å². The minimum absolute atomic E-state index is 0.562. The van der Waals surface area contributed by atoms with Gasteiger partial charge in [0.2, 0.25) is 6.41 Å². The van der Waals surface area contributed by atoms with E-state index in [4.69, 9.17) is 5.26 Å². The Morgan fingerprint density at radius 2 is 2.18 bits per heavy atom. The summed E-state index contributed by atoms with van der Waals surface area (Å²) in [7, 11) is 0. The standard InChI is InChI=1S/C7H10N2OS/c8-5-7(9-6-10)1-3-11-4-2-7/h6H,1-4H2,(H,9,10). The van der Waals surface area contributed by atoms with E-state index in [1.807, 2.05) is 11.8 Å². The van der Waals surface area contributed by atoms with Crippen LogP contribution in [0.15, 0.2) is 0 Å². The summed E-state index contributed by atoms with van der Waals surface area (Å²) in [4.78, 5) is 10.2. The molecule has 1 fully saturated rings. The van der Waals surface area contributed by atoms with E-state index in [2.05, 4.69) is 11.4 Å². The summed E-state index contributed by atoms with van der Waals surface area (Å²) in [6.45, 7) is 0. The number of carbonyl (C=O) groups is 1. The molecule has 0 aromatic heterocycles. The number of nitrogens with one attached hydrogen (secondary N) is 1. The lowest BCUT2D eigenvalue weighted by Gasteiger charge is -2.29.